The molecular weight excluding hydrogens is 288 g/mol. The number of aromatic nitrogens is 2. The van der Waals surface area contributed by atoms with Gasteiger partial charge >= 0.3 is 5.97 Å². The molecule has 20 heavy (non-hydrogen) atoms. The second-order valence-corrected chi connectivity index (χ2v) is 6.50. The summed E-state index contributed by atoms with van der Waals surface area (Å²) in [5.41, 5.74) is -0.459. The second-order valence-electron chi connectivity index (χ2n) is 4.52. The molecule has 1 aliphatic carbocycles. The number of nitrogens with one attached hydrogen (secondary N) is 2. The highest BCUT2D eigenvalue weighted by atomic mass is 32.2. The third-order valence-corrected chi connectivity index (χ3v) is 4.59. The minimum absolute atomic E-state index is 0.125. The molecule has 1 aliphatic rings. The lowest BCUT2D eigenvalue weighted by molar-refractivity contribution is -0.121. The number of likely N-dealkylation sites (N-methyl/N-ethyl adjacent to an activating group) is 1. The topological polar surface area (TPSA) is 132 Å². The summed E-state index contributed by atoms with van der Waals surface area (Å²) in [6.45, 7) is -0.378. The van der Waals surface area contributed by atoms with Crippen LogP contribution in [0.4, 0.5) is 0 Å². The van der Waals surface area contributed by atoms with Crippen LogP contribution >= 0.6 is 0 Å². The summed E-state index contributed by atoms with van der Waals surface area (Å²) in [6, 6.07) is 0.125. The lowest BCUT2D eigenvalue weighted by Gasteiger charge is -2.16. The average molecular weight is 302 g/mol. The van der Waals surface area contributed by atoms with E-state index in [0.29, 0.717) is 0 Å². The Labute approximate surface area is 115 Å². The van der Waals surface area contributed by atoms with Crippen molar-refractivity contribution < 1.29 is 23.1 Å². The van der Waals surface area contributed by atoms with E-state index in [1.165, 1.54) is 7.05 Å². The van der Waals surface area contributed by atoms with Gasteiger partial charge in [-0.2, -0.15) is 9.40 Å². The minimum Gasteiger partial charge on any atom is -0.478 e. The van der Waals surface area contributed by atoms with E-state index in [1.807, 2.05) is 0 Å². The number of rotatable bonds is 6. The maximum absolute atomic E-state index is 12.2. The fourth-order valence-corrected chi connectivity index (χ4v) is 2.75. The molecule has 1 aromatic heterocycles. The van der Waals surface area contributed by atoms with Gasteiger partial charge in [-0.3, -0.25) is 9.89 Å². The number of aromatic amines is 1. The fourth-order valence-electron chi connectivity index (χ4n) is 1.57. The SMILES string of the molecule is CN(CC(=O)NC1CC1)S(=O)(=O)c1[nH]ncc1C(=O)O. The molecule has 0 aliphatic heterocycles. The van der Waals surface area contributed by atoms with E-state index in [2.05, 4.69) is 15.5 Å². The van der Waals surface area contributed by atoms with Gasteiger partial charge in [-0.05, 0) is 12.8 Å². The maximum Gasteiger partial charge on any atom is 0.340 e. The van der Waals surface area contributed by atoms with E-state index in [0.717, 1.165) is 23.3 Å². The number of carbonyl (C=O) groups excluding carboxylic acids is 1. The maximum atomic E-state index is 12.2. The Hall–Kier alpha value is -1.94. The van der Waals surface area contributed by atoms with Crippen LogP contribution < -0.4 is 5.32 Å². The van der Waals surface area contributed by atoms with Crippen molar-refractivity contribution in [2.75, 3.05) is 13.6 Å². The predicted molar refractivity (Wildman–Crippen MR) is 66.5 cm³/mol. The average Bonchev–Trinajstić information content (AvgIpc) is 3.00. The van der Waals surface area contributed by atoms with E-state index in [4.69, 9.17) is 5.11 Å². The Bertz CT molecular complexity index is 634. The quantitative estimate of drug-likeness (QED) is 0.618. The summed E-state index contributed by atoms with van der Waals surface area (Å²) < 4.78 is 25.1. The number of hydrogen-bond acceptors (Lipinski definition) is 5. The first-order chi connectivity index (χ1) is 9.32. The number of aromatic carboxylic acids is 1. The zero-order chi connectivity index (χ0) is 14.9. The molecule has 0 radical (unpaired) electrons. The summed E-state index contributed by atoms with van der Waals surface area (Å²) in [5.74, 6) is -1.83. The van der Waals surface area contributed by atoms with Crippen molar-refractivity contribution in [2.24, 2.45) is 0 Å². The van der Waals surface area contributed by atoms with Crippen LogP contribution in [0.5, 0.6) is 0 Å². The van der Waals surface area contributed by atoms with Crippen LogP contribution in [0.2, 0.25) is 0 Å². The van der Waals surface area contributed by atoms with E-state index < -0.39 is 32.5 Å². The first kappa shape index (κ1) is 14.5. The summed E-state index contributed by atoms with van der Waals surface area (Å²) in [4.78, 5) is 22.5. The molecular formula is C10H14N4O5S. The molecule has 1 aromatic rings. The summed E-state index contributed by atoms with van der Waals surface area (Å²) in [6.07, 6.45) is 2.70. The zero-order valence-electron chi connectivity index (χ0n) is 10.7. The molecule has 1 amide bonds. The summed E-state index contributed by atoms with van der Waals surface area (Å²) >= 11 is 0. The smallest absolute Gasteiger partial charge is 0.340 e. The van der Waals surface area contributed by atoms with Crippen LogP contribution in [0.1, 0.15) is 23.2 Å². The number of nitrogens with zero attached hydrogens (tertiary/aromatic N) is 2. The Morgan fingerprint density at radius 1 is 1.55 bits per heavy atom. The first-order valence-corrected chi connectivity index (χ1v) is 7.28. The molecule has 110 valence electrons. The van der Waals surface area contributed by atoms with Gasteiger partial charge in [0.15, 0.2) is 5.03 Å². The first-order valence-electron chi connectivity index (χ1n) is 5.84. The van der Waals surface area contributed by atoms with E-state index >= 15 is 0 Å². The molecule has 0 unspecified atom stereocenters. The van der Waals surface area contributed by atoms with Gasteiger partial charge in [0.2, 0.25) is 5.91 Å². The monoisotopic (exact) mass is 302 g/mol. The molecule has 1 heterocycles. The van der Waals surface area contributed by atoms with E-state index in [-0.39, 0.29) is 12.6 Å². The van der Waals surface area contributed by atoms with E-state index in [9.17, 15) is 18.0 Å². The Balaban J connectivity index is 2.13. The van der Waals surface area contributed by atoms with Crippen molar-refractivity contribution in [3.63, 3.8) is 0 Å². The zero-order valence-corrected chi connectivity index (χ0v) is 11.5. The summed E-state index contributed by atoms with van der Waals surface area (Å²) in [7, 11) is -2.91. The van der Waals surface area contributed by atoms with Crippen LogP contribution in [0.3, 0.4) is 0 Å². The van der Waals surface area contributed by atoms with Crippen molar-refractivity contribution in [2.45, 2.75) is 23.9 Å². The minimum atomic E-state index is -4.11. The molecule has 0 spiro atoms. The molecule has 3 N–H and O–H groups in total. The second kappa shape index (κ2) is 5.21. The molecule has 1 saturated carbocycles. The van der Waals surface area contributed by atoms with Gasteiger partial charge in [-0.25, -0.2) is 13.2 Å². The molecule has 2 rings (SSSR count). The van der Waals surface area contributed by atoms with Crippen molar-refractivity contribution in [1.82, 2.24) is 19.8 Å². The largest absolute Gasteiger partial charge is 0.478 e. The number of amides is 1. The fraction of sp³-hybridized carbons (Fsp3) is 0.500. The molecule has 1 fully saturated rings. The normalized spacial score (nSPS) is 15.3. The van der Waals surface area contributed by atoms with Gasteiger partial charge in [-0.15, -0.1) is 0 Å². The molecule has 10 heteroatoms. The lowest BCUT2D eigenvalue weighted by Crippen LogP contribution is -2.39. The molecule has 0 aromatic carbocycles. The predicted octanol–water partition coefficient (Wildman–Crippen LogP) is -0.993. The van der Waals surface area contributed by atoms with Crippen LogP contribution in [-0.4, -0.2) is 59.5 Å². The number of carboxylic acids is 1. The van der Waals surface area contributed by atoms with Gasteiger partial charge in [-0.1, -0.05) is 0 Å². The third-order valence-electron chi connectivity index (χ3n) is 2.81. The van der Waals surface area contributed by atoms with Crippen molar-refractivity contribution in [3.8, 4) is 0 Å². The Morgan fingerprint density at radius 3 is 2.75 bits per heavy atom. The van der Waals surface area contributed by atoms with Crippen LogP contribution in [0.25, 0.3) is 0 Å². The van der Waals surface area contributed by atoms with Gasteiger partial charge in [0.25, 0.3) is 10.0 Å². The van der Waals surface area contributed by atoms with E-state index in [1.54, 1.807) is 0 Å². The standard InChI is InChI=1S/C10H14N4O5S/c1-14(5-8(15)12-6-2-3-6)20(18,19)9-7(10(16)17)4-11-13-9/h4,6H,2-3,5H2,1H3,(H,11,13)(H,12,15)(H,16,17). The molecule has 0 bridgehead atoms. The summed E-state index contributed by atoms with van der Waals surface area (Å²) in [5, 5.41) is 16.6. The highest BCUT2D eigenvalue weighted by molar-refractivity contribution is 7.89. The highest BCUT2D eigenvalue weighted by Gasteiger charge is 2.31. The molecule has 0 atom stereocenters. The Morgan fingerprint density at radius 2 is 2.20 bits per heavy atom. The third kappa shape index (κ3) is 2.96. The van der Waals surface area contributed by atoms with Gasteiger partial charge in [0.05, 0.1) is 12.7 Å². The number of hydrogen-bond donors (Lipinski definition) is 3. The van der Waals surface area contributed by atoms with Crippen molar-refractivity contribution >= 4 is 21.9 Å². The lowest BCUT2D eigenvalue weighted by atomic mass is 10.4. The van der Waals surface area contributed by atoms with Gasteiger partial charge in [0.1, 0.15) is 5.56 Å². The molecule has 9 nitrogen and oxygen atoms in total. The number of carbonyl (C=O) groups is 2. The molecule has 0 saturated heterocycles. The van der Waals surface area contributed by atoms with Crippen LogP contribution in [0, 0.1) is 0 Å². The highest BCUT2D eigenvalue weighted by Crippen LogP contribution is 2.19. The number of H-pyrrole nitrogens is 1. The van der Waals surface area contributed by atoms with Gasteiger partial charge < -0.3 is 10.4 Å². The number of carboxylic acid groups (broad SMARTS) is 1. The van der Waals surface area contributed by atoms with Crippen molar-refractivity contribution in [3.05, 3.63) is 11.8 Å². The van der Waals surface area contributed by atoms with Crippen LogP contribution in [-0.2, 0) is 14.8 Å². The van der Waals surface area contributed by atoms with Gasteiger partial charge in [0, 0.05) is 13.1 Å². The van der Waals surface area contributed by atoms with Crippen LogP contribution in [0.15, 0.2) is 11.2 Å². The van der Waals surface area contributed by atoms with Crippen molar-refractivity contribution in [1.29, 1.82) is 0 Å². The Kier molecular flexibility index (Phi) is 3.77. The number of sulfonamides is 1.